The summed E-state index contributed by atoms with van der Waals surface area (Å²) in [6.07, 6.45) is 0. The Bertz CT molecular complexity index is 346. The van der Waals surface area contributed by atoms with Crippen LogP contribution in [0.5, 0.6) is 0 Å². The number of aliphatic hydroxyl groups excluding tert-OH is 1. The molecule has 0 aliphatic carbocycles. The SMILES string of the molecule is Cc1cc(CN2CCOCC2)ccc1CO. The highest BCUT2D eigenvalue weighted by atomic mass is 16.5. The van der Waals surface area contributed by atoms with Crippen molar-refractivity contribution in [1.29, 1.82) is 0 Å². The Morgan fingerprint density at radius 1 is 1.31 bits per heavy atom. The predicted molar refractivity (Wildman–Crippen MR) is 63.2 cm³/mol. The fourth-order valence-electron chi connectivity index (χ4n) is 2.05. The summed E-state index contributed by atoms with van der Waals surface area (Å²) >= 11 is 0. The zero-order chi connectivity index (χ0) is 11.4. The number of morpholine rings is 1. The van der Waals surface area contributed by atoms with Gasteiger partial charge in [-0.2, -0.15) is 0 Å². The molecule has 0 spiro atoms. The molecule has 3 nitrogen and oxygen atoms in total. The Morgan fingerprint density at radius 2 is 2.06 bits per heavy atom. The van der Waals surface area contributed by atoms with Crippen LogP contribution in [0.15, 0.2) is 18.2 Å². The number of ether oxygens (including phenoxy) is 1. The third-order valence-corrected chi connectivity index (χ3v) is 3.09. The Kier molecular flexibility index (Phi) is 3.93. The summed E-state index contributed by atoms with van der Waals surface area (Å²) in [5.74, 6) is 0. The predicted octanol–water partition coefficient (Wildman–Crippen LogP) is 1.32. The van der Waals surface area contributed by atoms with E-state index in [1.165, 1.54) is 11.1 Å². The lowest BCUT2D eigenvalue weighted by atomic mass is 10.1. The topological polar surface area (TPSA) is 32.7 Å². The van der Waals surface area contributed by atoms with E-state index in [1.807, 2.05) is 13.0 Å². The Morgan fingerprint density at radius 3 is 2.69 bits per heavy atom. The maximum atomic E-state index is 9.10. The number of aryl methyl sites for hydroxylation is 1. The fourth-order valence-corrected chi connectivity index (χ4v) is 2.05. The van der Waals surface area contributed by atoms with Crippen molar-refractivity contribution in [3.05, 3.63) is 34.9 Å². The molecule has 1 heterocycles. The van der Waals surface area contributed by atoms with E-state index in [1.54, 1.807) is 0 Å². The summed E-state index contributed by atoms with van der Waals surface area (Å²) in [5.41, 5.74) is 3.51. The molecule has 16 heavy (non-hydrogen) atoms. The summed E-state index contributed by atoms with van der Waals surface area (Å²) in [7, 11) is 0. The molecule has 1 aliphatic heterocycles. The molecule has 0 radical (unpaired) electrons. The van der Waals surface area contributed by atoms with Gasteiger partial charge in [0.2, 0.25) is 0 Å². The summed E-state index contributed by atoms with van der Waals surface area (Å²) in [6, 6.07) is 6.29. The van der Waals surface area contributed by atoms with Crippen LogP contribution in [-0.4, -0.2) is 36.3 Å². The second-order valence-electron chi connectivity index (χ2n) is 4.31. The first-order valence-electron chi connectivity index (χ1n) is 5.79. The highest BCUT2D eigenvalue weighted by molar-refractivity contribution is 5.30. The van der Waals surface area contributed by atoms with E-state index >= 15 is 0 Å². The maximum absolute atomic E-state index is 9.10. The van der Waals surface area contributed by atoms with Gasteiger partial charge in [0.15, 0.2) is 0 Å². The van der Waals surface area contributed by atoms with Crippen LogP contribution < -0.4 is 0 Å². The first kappa shape index (κ1) is 11.6. The second kappa shape index (κ2) is 5.43. The molecule has 1 aromatic rings. The van der Waals surface area contributed by atoms with Crippen LogP contribution in [0, 0.1) is 6.92 Å². The molecule has 1 aromatic carbocycles. The molecule has 1 fully saturated rings. The van der Waals surface area contributed by atoms with Gasteiger partial charge in [0, 0.05) is 19.6 Å². The quantitative estimate of drug-likeness (QED) is 0.835. The van der Waals surface area contributed by atoms with Gasteiger partial charge in [0.25, 0.3) is 0 Å². The largest absolute Gasteiger partial charge is 0.392 e. The van der Waals surface area contributed by atoms with Crippen molar-refractivity contribution in [2.24, 2.45) is 0 Å². The second-order valence-corrected chi connectivity index (χ2v) is 4.31. The van der Waals surface area contributed by atoms with Crippen LogP contribution in [0.1, 0.15) is 16.7 Å². The lowest BCUT2D eigenvalue weighted by Gasteiger charge is -2.26. The highest BCUT2D eigenvalue weighted by Gasteiger charge is 2.10. The van der Waals surface area contributed by atoms with Gasteiger partial charge in [0.1, 0.15) is 0 Å². The van der Waals surface area contributed by atoms with Crippen LogP contribution in [0.4, 0.5) is 0 Å². The third kappa shape index (κ3) is 2.82. The van der Waals surface area contributed by atoms with Crippen LogP contribution >= 0.6 is 0 Å². The molecular weight excluding hydrogens is 202 g/mol. The minimum Gasteiger partial charge on any atom is -0.392 e. The lowest BCUT2D eigenvalue weighted by Crippen LogP contribution is -2.35. The molecule has 2 rings (SSSR count). The smallest absolute Gasteiger partial charge is 0.0684 e. The van der Waals surface area contributed by atoms with Crippen molar-refractivity contribution in [2.45, 2.75) is 20.1 Å². The molecule has 0 amide bonds. The van der Waals surface area contributed by atoms with Gasteiger partial charge in [-0.3, -0.25) is 4.90 Å². The average molecular weight is 221 g/mol. The van der Waals surface area contributed by atoms with E-state index in [0.29, 0.717) is 0 Å². The Hall–Kier alpha value is -0.900. The Labute approximate surface area is 96.6 Å². The van der Waals surface area contributed by atoms with E-state index in [4.69, 9.17) is 9.84 Å². The van der Waals surface area contributed by atoms with Crippen LogP contribution in [0.25, 0.3) is 0 Å². The van der Waals surface area contributed by atoms with E-state index in [-0.39, 0.29) is 6.61 Å². The molecule has 1 saturated heterocycles. The molecule has 88 valence electrons. The van der Waals surface area contributed by atoms with E-state index in [0.717, 1.165) is 38.4 Å². The number of hydrogen-bond donors (Lipinski definition) is 1. The summed E-state index contributed by atoms with van der Waals surface area (Å²) in [4.78, 5) is 2.40. The van der Waals surface area contributed by atoms with Crippen molar-refractivity contribution in [3.63, 3.8) is 0 Å². The van der Waals surface area contributed by atoms with Crippen molar-refractivity contribution < 1.29 is 9.84 Å². The molecule has 0 bridgehead atoms. The van der Waals surface area contributed by atoms with Crippen molar-refractivity contribution in [3.8, 4) is 0 Å². The third-order valence-electron chi connectivity index (χ3n) is 3.09. The van der Waals surface area contributed by atoms with Gasteiger partial charge in [-0.15, -0.1) is 0 Å². The van der Waals surface area contributed by atoms with E-state index in [9.17, 15) is 0 Å². The molecule has 0 unspecified atom stereocenters. The van der Waals surface area contributed by atoms with Gasteiger partial charge in [-0.25, -0.2) is 0 Å². The summed E-state index contributed by atoms with van der Waals surface area (Å²) < 4.78 is 5.32. The normalized spacial score (nSPS) is 17.6. The first-order valence-corrected chi connectivity index (χ1v) is 5.79. The molecule has 0 atom stereocenters. The summed E-state index contributed by atoms with van der Waals surface area (Å²) in [6.45, 7) is 6.87. The number of nitrogens with zero attached hydrogens (tertiary/aromatic N) is 1. The van der Waals surface area contributed by atoms with Crippen molar-refractivity contribution in [1.82, 2.24) is 4.90 Å². The van der Waals surface area contributed by atoms with Gasteiger partial charge < -0.3 is 9.84 Å². The van der Waals surface area contributed by atoms with Crippen molar-refractivity contribution in [2.75, 3.05) is 26.3 Å². The number of hydrogen-bond acceptors (Lipinski definition) is 3. The molecule has 1 aliphatic rings. The van der Waals surface area contributed by atoms with Crippen LogP contribution in [0.2, 0.25) is 0 Å². The summed E-state index contributed by atoms with van der Waals surface area (Å²) in [5, 5.41) is 9.10. The zero-order valence-electron chi connectivity index (χ0n) is 9.78. The van der Waals surface area contributed by atoms with Crippen LogP contribution in [0.3, 0.4) is 0 Å². The van der Waals surface area contributed by atoms with Gasteiger partial charge in [-0.1, -0.05) is 18.2 Å². The maximum Gasteiger partial charge on any atom is 0.0684 e. The fraction of sp³-hybridized carbons (Fsp3) is 0.538. The number of aliphatic hydroxyl groups is 1. The lowest BCUT2D eigenvalue weighted by molar-refractivity contribution is 0.0342. The van der Waals surface area contributed by atoms with Gasteiger partial charge in [0.05, 0.1) is 19.8 Å². The number of benzene rings is 1. The molecule has 0 saturated carbocycles. The molecule has 3 heteroatoms. The Balaban J connectivity index is 2.01. The minimum absolute atomic E-state index is 0.129. The minimum atomic E-state index is 0.129. The zero-order valence-corrected chi connectivity index (χ0v) is 9.78. The van der Waals surface area contributed by atoms with Crippen LogP contribution in [-0.2, 0) is 17.9 Å². The monoisotopic (exact) mass is 221 g/mol. The van der Waals surface area contributed by atoms with E-state index in [2.05, 4.69) is 17.0 Å². The first-order chi connectivity index (χ1) is 7.79. The average Bonchev–Trinajstić information content (AvgIpc) is 2.31. The molecular formula is C13H19NO2. The van der Waals surface area contributed by atoms with Gasteiger partial charge in [-0.05, 0) is 23.6 Å². The van der Waals surface area contributed by atoms with Crippen molar-refractivity contribution >= 4 is 0 Å². The standard InChI is InChI=1S/C13H19NO2/c1-11-8-12(2-3-13(11)10-15)9-14-4-6-16-7-5-14/h2-3,8,15H,4-7,9-10H2,1H3. The molecule has 1 N–H and O–H groups in total. The van der Waals surface area contributed by atoms with E-state index < -0.39 is 0 Å². The van der Waals surface area contributed by atoms with Gasteiger partial charge >= 0.3 is 0 Å². The number of rotatable bonds is 3. The molecule has 0 aromatic heterocycles. The highest BCUT2D eigenvalue weighted by Crippen LogP contribution is 2.13.